The molecule has 1 atom stereocenters. The molecule has 0 N–H and O–H groups in total. The first-order chi connectivity index (χ1) is 14.5. The summed E-state index contributed by atoms with van der Waals surface area (Å²) in [5, 5.41) is 0.382. The molecule has 3 heterocycles. The highest BCUT2D eigenvalue weighted by molar-refractivity contribution is 6.33. The molecule has 0 bridgehead atoms. The van der Waals surface area contributed by atoms with E-state index in [1.54, 1.807) is 41.7 Å². The Bertz CT molecular complexity index is 1040. The Balaban J connectivity index is 1.61. The Hall–Kier alpha value is -2.99. The van der Waals surface area contributed by atoms with Crippen LogP contribution in [0.1, 0.15) is 41.5 Å². The molecule has 0 fully saturated rings. The summed E-state index contributed by atoms with van der Waals surface area (Å²) in [5.41, 5.74) is 2.35. The van der Waals surface area contributed by atoms with Crippen molar-refractivity contribution in [1.29, 1.82) is 0 Å². The number of halogens is 1. The molecule has 1 aliphatic heterocycles. The standard InChI is InChI=1S/C23H24ClN3O3/c1-16(2)27(23(29)18-6-3-4-7-19(18)24)14-21(28)26-12-11-25-10-5-8-20(25)22(26)17-9-13-30-15-17/h3-10,13,15-16,22H,11-12,14H2,1-2H3. The zero-order valence-corrected chi connectivity index (χ0v) is 17.7. The number of hydrogen-bond acceptors (Lipinski definition) is 3. The van der Waals surface area contributed by atoms with Gasteiger partial charge in [0.15, 0.2) is 0 Å². The van der Waals surface area contributed by atoms with Crippen LogP contribution in [-0.2, 0) is 11.3 Å². The third-order valence-corrected chi connectivity index (χ3v) is 5.84. The minimum absolute atomic E-state index is 0.0171. The number of aromatic nitrogens is 1. The maximum atomic E-state index is 13.4. The predicted octanol–water partition coefficient (Wildman–Crippen LogP) is 4.22. The Morgan fingerprint density at radius 3 is 2.67 bits per heavy atom. The summed E-state index contributed by atoms with van der Waals surface area (Å²) in [5.74, 6) is -0.355. The lowest BCUT2D eigenvalue weighted by Gasteiger charge is -2.38. The number of benzene rings is 1. The van der Waals surface area contributed by atoms with E-state index in [1.807, 2.05) is 43.1 Å². The molecule has 1 unspecified atom stereocenters. The van der Waals surface area contributed by atoms with E-state index in [2.05, 4.69) is 4.57 Å². The Labute approximate surface area is 180 Å². The minimum Gasteiger partial charge on any atom is -0.472 e. The Kier molecular flexibility index (Phi) is 5.68. The van der Waals surface area contributed by atoms with Gasteiger partial charge in [-0.1, -0.05) is 23.7 Å². The summed E-state index contributed by atoms with van der Waals surface area (Å²) < 4.78 is 7.44. The summed E-state index contributed by atoms with van der Waals surface area (Å²) in [6.45, 7) is 5.05. The molecule has 6 nitrogen and oxygen atoms in total. The van der Waals surface area contributed by atoms with Crippen LogP contribution in [0.25, 0.3) is 0 Å². The van der Waals surface area contributed by atoms with Crippen molar-refractivity contribution >= 4 is 23.4 Å². The first-order valence-corrected chi connectivity index (χ1v) is 10.4. The number of rotatable bonds is 5. The Morgan fingerprint density at radius 2 is 1.97 bits per heavy atom. The van der Waals surface area contributed by atoms with Gasteiger partial charge in [-0.3, -0.25) is 9.59 Å². The van der Waals surface area contributed by atoms with E-state index < -0.39 is 0 Å². The molecule has 2 aromatic heterocycles. The van der Waals surface area contributed by atoms with Gasteiger partial charge < -0.3 is 18.8 Å². The van der Waals surface area contributed by atoms with Gasteiger partial charge in [-0.15, -0.1) is 0 Å². The third kappa shape index (κ3) is 3.75. The number of carbonyl (C=O) groups is 2. The summed E-state index contributed by atoms with van der Waals surface area (Å²) >= 11 is 6.23. The molecule has 0 saturated heterocycles. The van der Waals surface area contributed by atoms with Gasteiger partial charge in [0.2, 0.25) is 5.91 Å². The lowest BCUT2D eigenvalue weighted by Crippen LogP contribution is -2.49. The number of amides is 2. The number of carbonyl (C=O) groups excluding carboxylic acids is 2. The lowest BCUT2D eigenvalue weighted by atomic mass is 10.0. The highest BCUT2D eigenvalue weighted by Gasteiger charge is 2.34. The van der Waals surface area contributed by atoms with Gasteiger partial charge in [0, 0.05) is 36.6 Å². The van der Waals surface area contributed by atoms with E-state index in [9.17, 15) is 9.59 Å². The fourth-order valence-corrected chi connectivity index (χ4v) is 4.16. The molecule has 1 aliphatic rings. The van der Waals surface area contributed by atoms with Crippen LogP contribution >= 0.6 is 11.6 Å². The topological polar surface area (TPSA) is 58.7 Å². The second-order valence-electron chi connectivity index (χ2n) is 7.68. The molecule has 0 aliphatic carbocycles. The maximum absolute atomic E-state index is 13.4. The molecular weight excluding hydrogens is 402 g/mol. The second kappa shape index (κ2) is 8.40. The molecule has 4 rings (SSSR count). The van der Waals surface area contributed by atoms with Gasteiger partial charge in [0.25, 0.3) is 5.91 Å². The van der Waals surface area contributed by atoms with E-state index in [0.717, 1.165) is 11.3 Å². The molecule has 0 spiro atoms. The highest BCUT2D eigenvalue weighted by atomic mass is 35.5. The number of fused-ring (bicyclic) bond motifs is 1. The largest absolute Gasteiger partial charge is 0.472 e. The van der Waals surface area contributed by atoms with Crippen molar-refractivity contribution in [3.63, 3.8) is 0 Å². The second-order valence-corrected chi connectivity index (χ2v) is 8.09. The van der Waals surface area contributed by atoms with Gasteiger partial charge in [0.1, 0.15) is 12.6 Å². The van der Waals surface area contributed by atoms with Gasteiger partial charge in [-0.2, -0.15) is 0 Å². The smallest absolute Gasteiger partial charge is 0.256 e. The van der Waals surface area contributed by atoms with Gasteiger partial charge in [-0.25, -0.2) is 0 Å². The van der Waals surface area contributed by atoms with Crippen molar-refractivity contribution < 1.29 is 14.0 Å². The molecule has 0 saturated carbocycles. The van der Waals surface area contributed by atoms with Crippen molar-refractivity contribution in [2.45, 2.75) is 32.5 Å². The van der Waals surface area contributed by atoms with E-state index in [-0.39, 0.29) is 30.4 Å². The van der Waals surface area contributed by atoms with Gasteiger partial charge in [-0.05, 0) is 44.2 Å². The minimum atomic E-state index is -0.246. The monoisotopic (exact) mass is 425 g/mol. The average Bonchev–Trinajstić information content (AvgIpc) is 3.42. The first kappa shape index (κ1) is 20.3. The van der Waals surface area contributed by atoms with Gasteiger partial charge in [0.05, 0.1) is 23.1 Å². The molecule has 2 amide bonds. The van der Waals surface area contributed by atoms with E-state index in [1.165, 1.54) is 0 Å². The summed E-state index contributed by atoms with van der Waals surface area (Å²) in [6.07, 6.45) is 5.30. The maximum Gasteiger partial charge on any atom is 0.256 e. The van der Waals surface area contributed by atoms with Crippen LogP contribution in [0, 0.1) is 0 Å². The molecule has 1 aromatic carbocycles. The number of hydrogen-bond donors (Lipinski definition) is 0. The summed E-state index contributed by atoms with van der Waals surface area (Å²) in [6, 6.07) is 12.4. The fraction of sp³-hybridized carbons (Fsp3) is 0.304. The van der Waals surface area contributed by atoms with Crippen molar-refractivity contribution in [2.75, 3.05) is 13.1 Å². The molecule has 0 radical (unpaired) electrons. The van der Waals surface area contributed by atoms with Crippen LogP contribution in [0.15, 0.2) is 65.6 Å². The lowest BCUT2D eigenvalue weighted by molar-refractivity contribution is -0.135. The molecule has 156 valence electrons. The van der Waals surface area contributed by atoms with E-state index >= 15 is 0 Å². The summed E-state index contributed by atoms with van der Waals surface area (Å²) in [7, 11) is 0. The van der Waals surface area contributed by atoms with E-state index in [4.69, 9.17) is 16.0 Å². The Morgan fingerprint density at radius 1 is 1.17 bits per heavy atom. The van der Waals surface area contributed by atoms with Crippen molar-refractivity contribution in [2.24, 2.45) is 0 Å². The van der Waals surface area contributed by atoms with Crippen LogP contribution in [0.4, 0.5) is 0 Å². The average molecular weight is 426 g/mol. The summed E-state index contributed by atoms with van der Waals surface area (Å²) in [4.78, 5) is 30.0. The zero-order chi connectivity index (χ0) is 21.3. The van der Waals surface area contributed by atoms with Crippen LogP contribution < -0.4 is 0 Å². The molecular formula is C23H24ClN3O3. The van der Waals surface area contributed by atoms with Crippen LogP contribution in [0.2, 0.25) is 5.02 Å². The van der Waals surface area contributed by atoms with Crippen LogP contribution in [-0.4, -0.2) is 45.3 Å². The van der Waals surface area contributed by atoms with Crippen molar-refractivity contribution in [3.05, 3.63) is 83.0 Å². The van der Waals surface area contributed by atoms with Crippen molar-refractivity contribution in [3.8, 4) is 0 Å². The molecule has 3 aromatic rings. The quantitative estimate of drug-likeness (QED) is 0.615. The SMILES string of the molecule is CC(C)N(CC(=O)N1CCn2cccc2C1c1ccoc1)C(=O)c1ccccc1Cl. The zero-order valence-electron chi connectivity index (χ0n) is 17.0. The van der Waals surface area contributed by atoms with Crippen LogP contribution in [0.3, 0.4) is 0 Å². The third-order valence-electron chi connectivity index (χ3n) is 5.51. The van der Waals surface area contributed by atoms with Crippen LogP contribution in [0.5, 0.6) is 0 Å². The highest BCUT2D eigenvalue weighted by Crippen LogP contribution is 2.33. The molecule has 7 heteroatoms. The fourth-order valence-electron chi connectivity index (χ4n) is 3.95. The normalized spacial score (nSPS) is 15.9. The van der Waals surface area contributed by atoms with Gasteiger partial charge >= 0.3 is 0 Å². The number of nitrogens with zero attached hydrogens (tertiary/aromatic N) is 3. The predicted molar refractivity (Wildman–Crippen MR) is 114 cm³/mol. The molecule has 30 heavy (non-hydrogen) atoms. The first-order valence-electron chi connectivity index (χ1n) is 9.99. The van der Waals surface area contributed by atoms with E-state index in [0.29, 0.717) is 23.7 Å². The van der Waals surface area contributed by atoms with Crippen molar-refractivity contribution in [1.82, 2.24) is 14.4 Å². The number of furan rings is 1.